The topological polar surface area (TPSA) is 49.7 Å². The van der Waals surface area contributed by atoms with E-state index in [4.69, 9.17) is 5.11 Å². The smallest absolute Gasteiger partial charge is 0.311 e. The molecule has 1 unspecified atom stereocenters. The molecule has 3 heteroatoms. The summed E-state index contributed by atoms with van der Waals surface area (Å²) in [7, 11) is 1.58. The van der Waals surface area contributed by atoms with E-state index in [1.54, 1.807) is 7.05 Å². The van der Waals surface area contributed by atoms with Gasteiger partial charge in [-0.05, 0) is 6.42 Å². The van der Waals surface area contributed by atoms with Crippen LogP contribution in [0.5, 0.6) is 0 Å². The zero-order valence-corrected chi connectivity index (χ0v) is 5.66. The molecule has 1 N–H and O–H groups in total. The van der Waals surface area contributed by atoms with Crippen LogP contribution in [0.2, 0.25) is 0 Å². The first-order valence-electron chi connectivity index (χ1n) is 2.87. The maximum atomic E-state index is 10.2. The summed E-state index contributed by atoms with van der Waals surface area (Å²) in [6.07, 6.45) is 2.05. The van der Waals surface area contributed by atoms with Crippen LogP contribution in [0.15, 0.2) is 4.99 Å². The lowest BCUT2D eigenvalue weighted by molar-refractivity contribution is -0.139. The molecule has 1 atom stereocenters. The predicted molar refractivity (Wildman–Crippen MR) is 35.8 cm³/mol. The van der Waals surface area contributed by atoms with E-state index in [1.807, 2.05) is 6.92 Å². The van der Waals surface area contributed by atoms with Crippen molar-refractivity contribution in [2.75, 3.05) is 7.05 Å². The van der Waals surface area contributed by atoms with Crippen molar-refractivity contribution in [2.24, 2.45) is 10.9 Å². The Morgan fingerprint density at radius 2 is 2.44 bits per heavy atom. The van der Waals surface area contributed by atoms with Gasteiger partial charge in [-0.3, -0.25) is 9.79 Å². The van der Waals surface area contributed by atoms with E-state index in [9.17, 15) is 4.79 Å². The van der Waals surface area contributed by atoms with Crippen molar-refractivity contribution in [3.05, 3.63) is 0 Å². The molecule has 0 aromatic rings. The third-order valence-electron chi connectivity index (χ3n) is 1.09. The van der Waals surface area contributed by atoms with Crippen LogP contribution >= 0.6 is 0 Å². The van der Waals surface area contributed by atoms with E-state index in [0.29, 0.717) is 6.42 Å². The number of nitrogens with zero attached hydrogens (tertiary/aromatic N) is 1. The number of carbonyl (C=O) groups is 1. The Morgan fingerprint density at radius 1 is 1.89 bits per heavy atom. The number of carboxylic acid groups (broad SMARTS) is 1. The van der Waals surface area contributed by atoms with Crippen molar-refractivity contribution < 1.29 is 9.90 Å². The van der Waals surface area contributed by atoms with Crippen molar-refractivity contribution in [1.82, 2.24) is 0 Å². The van der Waals surface area contributed by atoms with Crippen LogP contribution in [-0.4, -0.2) is 24.3 Å². The summed E-state index contributed by atoms with van der Waals surface area (Å²) < 4.78 is 0. The van der Waals surface area contributed by atoms with Gasteiger partial charge in [0.2, 0.25) is 0 Å². The molecule has 0 radical (unpaired) electrons. The molecule has 0 rings (SSSR count). The summed E-state index contributed by atoms with van der Waals surface area (Å²) in [5.41, 5.74) is 0. The highest BCUT2D eigenvalue weighted by Gasteiger charge is 2.09. The zero-order chi connectivity index (χ0) is 7.28. The third kappa shape index (κ3) is 2.85. The first-order valence-corrected chi connectivity index (χ1v) is 2.87. The maximum Gasteiger partial charge on any atom is 0.311 e. The van der Waals surface area contributed by atoms with E-state index in [0.717, 1.165) is 0 Å². The standard InChI is InChI=1S/C6H11NO2/c1-3-5(4-7-2)6(8)9/h4-5H,3H2,1-2H3,(H,8,9). The summed E-state index contributed by atoms with van der Waals surface area (Å²) >= 11 is 0. The van der Waals surface area contributed by atoms with Crippen molar-refractivity contribution in [3.63, 3.8) is 0 Å². The lowest BCUT2D eigenvalue weighted by Crippen LogP contribution is -2.13. The number of hydrogen-bond donors (Lipinski definition) is 1. The Bertz CT molecular complexity index is 120. The number of aliphatic carboxylic acids is 1. The second kappa shape index (κ2) is 4.06. The van der Waals surface area contributed by atoms with Crippen LogP contribution in [-0.2, 0) is 4.79 Å². The third-order valence-corrected chi connectivity index (χ3v) is 1.09. The lowest BCUT2D eigenvalue weighted by atomic mass is 10.1. The average molecular weight is 129 g/mol. The van der Waals surface area contributed by atoms with Crippen LogP contribution in [0, 0.1) is 5.92 Å². The fourth-order valence-electron chi connectivity index (χ4n) is 0.524. The highest BCUT2D eigenvalue weighted by Crippen LogP contribution is 1.97. The van der Waals surface area contributed by atoms with Gasteiger partial charge in [0.05, 0.1) is 5.92 Å². The minimum absolute atomic E-state index is 0.407. The zero-order valence-electron chi connectivity index (χ0n) is 5.66. The summed E-state index contributed by atoms with van der Waals surface area (Å²) in [5, 5.41) is 8.41. The van der Waals surface area contributed by atoms with Gasteiger partial charge in [-0.2, -0.15) is 0 Å². The number of rotatable bonds is 3. The fourth-order valence-corrected chi connectivity index (χ4v) is 0.524. The lowest BCUT2D eigenvalue weighted by Gasteiger charge is -1.98. The van der Waals surface area contributed by atoms with Crippen LogP contribution in [0.1, 0.15) is 13.3 Å². The highest BCUT2D eigenvalue weighted by molar-refractivity contribution is 5.88. The largest absolute Gasteiger partial charge is 0.481 e. The molecule has 0 heterocycles. The van der Waals surface area contributed by atoms with Gasteiger partial charge in [-0.1, -0.05) is 6.92 Å². The van der Waals surface area contributed by atoms with E-state index in [-0.39, 0.29) is 0 Å². The Kier molecular flexibility index (Phi) is 3.67. The molecule has 0 saturated carbocycles. The van der Waals surface area contributed by atoms with Gasteiger partial charge < -0.3 is 5.11 Å². The normalized spacial score (nSPS) is 14.0. The first-order chi connectivity index (χ1) is 4.22. The molecule has 9 heavy (non-hydrogen) atoms. The minimum atomic E-state index is -0.803. The van der Waals surface area contributed by atoms with E-state index < -0.39 is 11.9 Å². The molecule has 0 saturated heterocycles. The van der Waals surface area contributed by atoms with E-state index in [1.165, 1.54) is 6.21 Å². The second-order valence-corrected chi connectivity index (χ2v) is 1.76. The predicted octanol–water partition coefficient (Wildman–Crippen LogP) is 0.798. The van der Waals surface area contributed by atoms with Gasteiger partial charge in [0.1, 0.15) is 0 Å². The Hall–Kier alpha value is -0.860. The number of aliphatic imine (C=N–C) groups is 1. The summed E-state index contributed by atoms with van der Waals surface area (Å²) in [4.78, 5) is 13.9. The Labute approximate surface area is 54.4 Å². The van der Waals surface area contributed by atoms with Gasteiger partial charge in [-0.15, -0.1) is 0 Å². The van der Waals surface area contributed by atoms with E-state index in [2.05, 4.69) is 4.99 Å². The maximum absolute atomic E-state index is 10.2. The molecule has 0 aromatic heterocycles. The molecule has 0 aromatic carbocycles. The number of hydrogen-bond acceptors (Lipinski definition) is 2. The first kappa shape index (κ1) is 8.14. The molecular weight excluding hydrogens is 118 g/mol. The van der Waals surface area contributed by atoms with Gasteiger partial charge >= 0.3 is 5.97 Å². The van der Waals surface area contributed by atoms with Crippen LogP contribution in [0.25, 0.3) is 0 Å². The molecule has 0 fully saturated rings. The number of carboxylic acids is 1. The second-order valence-electron chi connectivity index (χ2n) is 1.76. The SMILES string of the molecule is CCC(C=NC)C(=O)O. The fraction of sp³-hybridized carbons (Fsp3) is 0.667. The Morgan fingerprint density at radius 3 is 2.56 bits per heavy atom. The van der Waals surface area contributed by atoms with Gasteiger partial charge in [0.15, 0.2) is 0 Å². The monoisotopic (exact) mass is 129 g/mol. The van der Waals surface area contributed by atoms with E-state index >= 15 is 0 Å². The van der Waals surface area contributed by atoms with Crippen LogP contribution in [0.3, 0.4) is 0 Å². The van der Waals surface area contributed by atoms with Crippen LogP contribution in [0.4, 0.5) is 0 Å². The summed E-state index contributed by atoms with van der Waals surface area (Å²) in [6.45, 7) is 1.82. The molecule has 0 amide bonds. The molecule has 0 aliphatic heterocycles. The van der Waals surface area contributed by atoms with Gasteiger partial charge in [-0.25, -0.2) is 0 Å². The van der Waals surface area contributed by atoms with Crippen LogP contribution < -0.4 is 0 Å². The van der Waals surface area contributed by atoms with Crippen molar-refractivity contribution in [3.8, 4) is 0 Å². The minimum Gasteiger partial charge on any atom is -0.481 e. The average Bonchev–Trinajstić information content (AvgIpc) is 1.82. The highest BCUT2D eigenvalue weighted by atomic mass is 16.4. The summed E-state index contributed by atoms with van der Waals surface area (Å²) in [6, 6.07) is 0. The quantitative estimate of drug-likeness (QED) is 0.573. The Balaban J connectivity index is 3.83. The molecule has 0 aliphatic rings. The molecule has 0 bridgehead atoms. The van der Waals surface area contributed by atoms with Crippen molar-refractivity contribution in [2.45, 2.75) is 13.3 Å². The molecule has 52 valence electrons. The van der Waals surface area contributed by atoms with Crippen molar-refractivity contribution >= 4 is 12.2 Å². The molecule has 0 aliphatic carbocycles. The van der Waals surface area contributed by atoms with Gasteiger partial charge in [0, 0.05) is 13.3 Å². The molecule has 0 spiro atoms. The molecular formula is C6H11NO2. The van der Waals surface area contributed by atoms with Crippen molar-refractivity contribution in [1.29, 1.82) is 0 Å². The van der Waals surface area contributed by atoms with Gasteiger partial charge in [0.25, 0.3) is 0 Å². The molecule has 3 nitrogen and oxygen atoms in total. The summed E-state index contributed by atoms with van der Waals surface area (Å²) in [5.74, 6) is -1.21.